The normalized spacial score (nSPS) is 16.0. The Morgan fingerprint density at radius 1 is 1.20 bits per heavy atom. The first-order chi connectivity index (χ1) is 12.0. The molecule has 0 radical (unpaired) electrons. The van der Waals surface area contributed by atoms with E-state index >= 15 is 0 Å². The summed E-state index contributed by atoms with van der Waals surface area (Å²) in [6.07, 6.45) is 3.79. The second-order valence-electron chi connectivity index (χ2n) is 6.28. The summed E-state index contributed by atoms with van der Waals surface area (Å²) in [5, 5.41) is 0. The van der Waals surface area contributed by atoms with Crippen LogP contribution in [0.1, 0.15) is 46.0 Å². The van der Waals surface area contributed by atoms with E-state index in [1.54, 1.807) is 24.3 Å². The maximum atomic E-state index is 12.5. The fourth-order valence-corrected chi connectivity index (χ4v) is 4.21. The first kappa shape index (κ1) is 19.7. The van der Waals surface area contributed by atoms with E-state index in [0.29, 0.717) is 44.7 Å². The number of benzene rings is 1. The number of sulfonamides is 1. The van der Waals surface area contributed by atoms with Crippen LogP contribution in [0, 0.1) is 0 Å². The molecular weight excluding hydrogens is 340 g/mol. The molecule has 1 amide bonds. The number of amides is 1. The lowest BCUT2D eigenvalue weighted by atomic mass is 10.1. The lowest BCUT2D eigenvalue weighted by Crippen LogP contribution is -2.46. The van der Waals surface area contributed by atoms with Crippen LogP contribution >= 0.6 is 0 Å². The van der Waals surface area contributed by atoms with E-state index in [2.05, 4.69) is 11.6 Å². The van der Waals surface area contributed by atoms with Crippen LogP contribution in [0.5, 0.6) is 5.75 Å². The third kappa shape index (κ3) is 5.71. The summed E-state index contributed by atoms with van der Waals surface area (Å²) in [6, 6.07) is 6.29. The van der Waals surface area contributed by atoms with Gasteiger partial charge in [-0.2, -0.15) is 0 Å². The average Bonchev–Trinajstić information content (AvgIpc) is 2.61. The zero-order valence-electron chi connectivity index (χ0n) is 15.0. The molecule has 1 aromatic carbocycles. The number of unbranched alkanes of at least 4 members (excludes halogenated alkanes) is 1. The van der Waals surface area contributed by atoms with Crippen molar-refractivity contribution in [2.45, 2.75) is 56.9 Å². The Hall–Kier alpha value is -1.60. The quantitative estimate of drug-likeness (QED) is 0.765. The molecular formula is C18H28N2O4S. The largest absolute Gasteiger partial charge is 0.494 e. The molecule has 0 bridgehead atoms. The maximum absolute atomic E-state index is 12.5. The Labute approximate surface area is 150 Å². The van der Waals surface area contributed by atoms with E-state index in [-0.39, 0.29) is 16.8 Å². The summed E-state index contributed by atoms with van der Waals surface area (Å²) in [5.74, 6) is 0.829. The highest BCUT2D eigenvalue weighted by molar-refractivity contribution is 7.89. The van der Waals surface area contributed by atoms with Crippen LogP contribution in [-0.4, -0.2) is 45.0 Å². The molecule has 0 saturated carbocycles. The minimum Gasteiger partial charge on any atom is -0.494 e. The Morgan fingerprint density at radius 2 is 1.84 bits per heavy atom. The van der Waals surface area contributed by atoms with Crippen molar-refractivity contribution in [1.29, 1.82) is 0 Å². The van der Waals surface area contributed by atoms with Gasteiger partial charge in [0.2, 0.25) is 15.9 Å². The maximum Gasteiger partial charge on any atom is 0.240 e. The minimum atomic E-state index is -3.55. The van der Waals surface area contributed by atoms with Gasteiger partial charge in [0.05, 0.1) is 11.5 Å². The number of carbonyl (C=O) groups excluding carboxylic acids is 1. The van der Waals surface area contributed by atoms with Crippen LogP contribution in [0.4, 0.5) is 0 Å². The zero-order chi connectivity index (χ0) is 18.3. The van der Waals surface area contributed by atoms with E-state index in [0.717, 1.165) is 12.8 Å². The zero-order valence-corrected chi connectivity index (χ0v) is 15.8. The molecule has 0 aliphatic carbocycles. The molecule has 2 rings (SSSR count). The molecule has 0 aromatic heterocycles. The van der Waals surface area contributed by atoms with Crippen molar-refractivity contribution in [3.8, 4) is 5.75 Å². The van der Waals surface area contributed by atoms with Crippen LogP contribution in [0.25, 0.3) is 0 Å². The predicted molar refractivity (Wildman–Crippen MR) is 97.1 cm³/mol. The van der Waals surface area contributed by atoms with Gasteiger partial charge in [-0.1, -0.05) is 13.3 Å². The number of hydrogen-bond donors (Lipinski definition) is 1. The number of ether oxygens (including phenoxy) is 1. The number of nitrogens with one attached hydrogen (secondary N) is 1. The number of piperidine rings is 1. The number of nitrogens with zero attached hydrogens (tertiary/aromatic N) is 1. The predicted octanol–water partition coefficient (Wildman–Crippen LogP) is 2.54. The lowest BCUT2D eigenvalue weighted by molar-refractivity contribution is -0.132. The highest BCUT2D eigenvalue weighted by atomic mass is 32.2. The smallest absolute Gasteiger partial charge is 0.240 e. The molecule has 140 valence electrons. The molecule has 1 aliphatic rings. The highest BCUT2D eigenvalue weighted by Gasteiger charge is 2.26. The monoisotopic (exact) mass is 368 g/mol. The van der Waals surface area contributed by atoms with Gasteiger partial charge in [-0.3, -0.25) is 4.79 Å². The van der Waals surface area contributed by atoms with Gasteiger partial charge in [-0.25, -0.2) is 13.1 Å². The van der Waals surface area contributed by atoms with E-state index < -0.39 is 10.0 Å². The summed E-state index contributed by atoms with van der Waals surface area (Å²) in [6.45, 7) is 5.71. The van der Waals surface area contributed by atoms with Gasteiger partial charge in [0, 0.05) is 25.6 Å². The highest BCUT2D eigenvalue weighted by Crippen LogP contribution is 2.19. The van der Waals surface area contributed by atoms with Crippen LogP contribution in [-0.2, 0) is 14.8 Å². The second kappa shape index (κ2) is 9.20. The Bertz CT molecular complexity index is 650. The molecule has 0 unspecified atom stereocenters. The topological polar surface area (TPSA) is 75.7 Å². The standard InChI is InChI=1S/C18H28N2O4S/c1-3-5-6-18(21)20-13-11-15(12-14-20)19-25(22,23)17-9-7-16(8-10-17)24-4-2/h7-10,15,19H,3-6,11-14H2,1-2H3. The summed E-state index contributed by atoms with van der Waals surface area (Å²) >= 11 is 0. The SMILES string of the molecule is CCCCC(=O)N1CCC(NS(=O)(=O)c2ccc(OCC)cc2)CC1. The van der Waals surface area contributed by atoms with Crippen molar-refractivity contribution in [3.63, 3.8) is 0 Å². The Morgan fingerprint density at radius 3 is 2.40 bits per heavy atom. The fraction of sp³-hybridized carbons (Fsp3) is 0.611. The minimum absolute atomic E-state index is 0.133. The fourth-order valence-electron chi connectivity index (χ4n) is 2.90. The van der Waals surface area contributed by atoms with Crippen LogP contribution < -0.4 is 9.46 Å². The molecule has 1 saturated heterocycles. The van der Waals surface area contributed by atoms with Crippen LogP contribution in [0.15, 0.2) is 29.2 Å². The van der Waals surface area contributed by atoms with Gasteiger partial charge in [0.15, 0.2) is 0 Å². The van der Waals surface area contributed by atoms with Gasteiger partial charge in [-0.05, 0) is 50.5 Å². The molecule has 1 fully saturated rings. The summed E-state index contributed by atoms with van der Waals surface area (Å²) < 4.78 is 33.1. The third-order valence-electron chi connectivity index (χ3n) is 4.36. The van der Waals surface area contributed by atoms with Crippen molar-refractivity contribution < 1.29 is 17.9 Å². The van der Waals surface area contributed by atoms with E-state index in [4.69, 9.17) is 4.74 Å². The van der Waals surface area contributed by atoms with E-state index in [9.17, 15) is 13.2 Å². The molecule has 1 aliphatic heterocycles. The van der Waals surface area contributed by atoms with Crippen molar-refractivity contribution in [3.05, 3.63) is 24.3 Å². The molecule has 1 aromatic rings. The van der Waals surface area contributed by atoms with Crippen molar-refractivity contribution in [2.75, 3.05) is 19.7 Å². The van der Waals surface area contributed by atoms with E-state index in [1.807, 2.05) is 11.8 Å². The van der Waals surface area contributed by atoms with Gasteiger partial charge >= 0.3 is 0 Å². The van der Waals surface area contributed by atoms with Gasteiger partial charge in [0.25, 0.3) is 0 Å². The first-order valence-electron chi connectivity index (χ1n) is 8.99. The third-order valence-corrected chi connectivity index (χ3v) is 5.90. The van der Waals surface area contributed by atoms with Gasteiger partial charge < -0.3 is 9.64 Å². The molecule has 25 heavy (non-hydrogen) atoms. The molecule has 6 nitrogen and oxygen atoms in total. The number of likely N-dealkylation sites (tertiary alicyclic amines) is 1. The number of carbonyl (C=O) groups is 1. The van der Waals surface area contributed by atoms with Crippen molar-refractivity contribution in [2.24, 2.45) is 0 Å². The Kier molecular flexibility index (Phi) is 7.25. The summed E-state index contributed by atoms with van der Waals surface area (Å²) in [4.78, 5) is 14.1. The van der Waals surface area contributed by atoms with Gasteiger partial charge in [-0.15, -0.1) is 0 Å². The van der Waals surface area contributed by atoms with E-state index in [1.165, 1.54) is 0 Å². The van der Waals surface area contributed by atoms with Crippen molar-refractivity contribution in [1.82, 2.24) is 9.62 Å². The molecule has 1 heterocycles. The Balaban J connectivity index is 1.88. The average molecular weight is 368 g/mol. The summed E-state index contributed by atoms with van der Waals surface area (Å²) in [7, 11) is -3.55. The summed E-state index contributed by atoms with van der Waals surface area (Å²) in [5.41, 5.74) is 0. The van der Waals surface area contributed by atoms with Crippen LogP contribution in [0.2, 0.25) is 0 Å². The molecule has 0 atom stereocenters. The van der Waals surface area contributed by atoms with Gasteiger partial charge in [0.1, 0.15) is 5.75 Å². The molecule has 1 N–H and O–H groups in total. The first-order valence-corrected chi connectivity index (χ1v) is 10.5. The molecule has 7 heteroatoms. The number of hydrogen-bond acceptors (Lipinski definition) is 4. The lowest BCUT2D eigenvalue weighted by Gasteiger charge is -2.32. The second-order valence-corrected chi connectivity index (χ2v) is 8.00. The molecule has 0 spiro atoms. The van der Waals surface area contributed by atoms with Crippen LogP contribution in [0.3, 0.4) is 0 Å². The number of rotatable bonds is 8. The van der Waals surface area contributed by atoms with Crippen molar-refractivity contribution >= 4 is 15.9 Å².